The van der Waals surface area contributed by atoms with Crippen LogP contribution in [0.2, 0.25) is 0 Å². The van der Waals surface area contributed by atoms with E-state index in [0.29, 0.717) is 12.0 Å². The van der Waals surface area contributed by atoms with E-state index in [0.717, 1.165) is 38.8 Å². The van der Waals surface area contributed by atoms with Crippen molar-refractivity contribution in [3.8, 4) is 0 Å². The molecule has 1 N–H and O–H groups in total. The van der Waals surface area contributed by atoms with Crippen molar-refractivity contribution in [1.82, 2.24) is 19.8 Å². The smallest absolute Gasteiger partial charge is 0.193 e. The number of imidazole rings is 1. The van der Waals surface area contributed by atoms with Crippen LogP contribution in [0.25, 0.3) is 0 Å². The van der Waals surface area contributed by atoms with Gasteiger partial charge < -0.3 is 19.5 Å². The molecule has 2 saturated heterocycles. The number of hydrogen-bond donors (Lipinski definition) is 1. The lowest BCUT2D eigenvalue weighted by atomic mass is 9.89. The number of piperidine rings is 1. The lowest BCUT2D eigenvalue weighted by Crippen LogP contribution is -2.54. The van der Waals surface area contributed by atoms with Crippen molar-refractivity contribution in [3.05, 3.63) is 18.7 Å². The molecule has 3 rings (SSSR count). The average molecular weight is 433 g/mol. The highest BCUT2D eigenvalue weighted by Crippen LogP contribution is 2.28. The molecular formula is C16H28IN5O. The fourth-order valence-electron chi connectivity index (χ4n) is 3.27. The van der Waals surface area contributed by atoms with Crippen LogP contribution < -0.4 is 5.32 Å². The Kier molecular flexibility index (Phi) is 6.30. The first kappa shape index (κ1) is 18.5. The van der Waals surface area contributed by atoms with Gasteiger partial charge in [-0.05, 0) is 12.3 Å². The van der Waals surface area contributed by atoms with Gasteiger partial charge in [0.15, 0.2) is 5.96 Å². The summed E-state index contributed by atoms with van der Waals surface area (Å²) in [5.74, 6) is 1.66. The molecule has 2 fully saturated rings. The SMILES string of the molecule is CN=C(NCC1(C)COC1)N1CCC(C)C(n2ccnc2)C1.I. The average Bonchev–Trinajstić information content (AvgIpc) is 3.01. The van der Waals surface area contributed by atoms with Gasteiger partial charge >= 0.3 is 0 Å². The van der Waals surface area contributed by atoms with E-state index in [1.165, 1.54) is 6.42 Å². The van der Waals surface area contributed by atoms with E-state index in [1.807, 2.05) is 19.6 Å². The molecule has 0 amide bonds. The Morgan fingerprint density at radius 2 is 2.26 bits per heavy atom. The summed E-state index contributed by atoms with van der Waals surface area (Å²) in [7, 11) is 1.87. The Morgan fingerprint density at radius 1 is 1.48 bits per heavy atom. The number of nitrogens with zero attached hydrogens (tertiary/aromatic N) is 4. The van der Waals surface area contributed by atoms with Crippen LogP contribution in [0.15, 0.2) is 23.7 Å². The van der Waals surface area contributed by atoms with Gasteiger partial charge in [-0.1, -0.05) is 13.8 Å². The molecule has 0 bridgehead atoms. The summed E-state index contributed by atoms with van der Waals surface area (Å²) >= 11 is 0. The van der Waals surface area contributed by atoms with Crippen molar-refractivity contribution in [2.75, 3.05) is 39.9 Å². The Balaban J connectivity index is 0.00000192. The van der Waals surface area contributed by atoms with Crippen molar-refractivity contribution in [2.24, 2.45) is 16.3 Å². The van der Waals surface area contributed by atoms with Crippen LogP contribution in [0.5, 0.6) is 0 Å². The zero-order valence-electron chi connectivity index (χ0n) is 14.2. The monoisotopic (exact) mass is 433 g/mol. The number of aliphatic imine (C=N–C) groups is 1. The van der Waals surface area contributed by atoms with Gasteiger partial charge in [-0.2, -0.15) is 0 Å². The molecule has 2 unspecified atom stereocenters. The number of rotatable bonds is 3. The van der Waals surface area contributed by atoms with E-state index in [4.69, 9.17) is 4.74 Å². The van der Waals surface area contributed by atoms with E-state index in [1.54, 1.807) is 0 Å². The van der Waals surface area contributed by atoms with Crippen molar-refractivity contribution in [2.45, 2.75) is 26.3 Å². The van der Waals surface area contributed by atoms with E-state index in [9.17, 15) is 0 Å². The Morgan fingerprint density at radius 3 is 2.83 bits per heavy atom. The fourth-order valence-corrected chi connectivity index (χ4v) is 3.27. The van der Waals surface area contributed by atoms with Crippen molar-refractivity contribution < 1.29 is 4.74 Å². The molecule has 0 saturated carbocycles. The van der Waals surface area contributed by atoms with Crippen LogP contribution in [0.3, 0.4) is 0 Å². The Hall–Kier alpha value is -0.830. The summed E-state index contributed by atoms with van der Waals surface area (Å²) < 4.78 is 7.55. The third kappa shape index (κ3) is 4.17. The third-order valence-electron chi connectivity index (χ3n) is 4.91. The normalized spacial score (nSPS) is 27.1. The molecular weight excluding hydrogens is 405 g/mol. The lowest BCUT2D eigenvalue weighted by molar-refractivity contribution is -0.0973. The molecule has 130 valence electrons. The molecule has 3 heterocycles. The summed E-state index contributed by atoms with van der Waals surface area (Å²) in [5.41, 5.74) is 0.253. The van der Waals surface area contributed by atoms with Gasteiger partial charge in [0.1, 0.15) is 0 Å². The minimum absolute atomic E-state index is 0. The van der Waals surface area contributed by atoms with Gasteiger partial charge in [0.05, 0.1) is 25.6 Å². The maximum Gasteiger partial charge on any atom is 0.193 e. The zero-order chi connectivity index (χ0) is 15.6. The summed E-state index contributed by atoms with van der Waals surface area (Å²) in [4.78, 5) is 11.0. The first-order chi connectivity index (χ1) is 10.6. The predicted molar refractivity (Wildman–Crippen MR) is 102 cm³/mol. The highest BCUT2D eigenvalue weighted by molar-refractivity contribution is 14.0. The maximum absolute atomic E-state index is 5.33. The number of hydrogen-bond acceptors (Lipinski definition) is 3. The van der Waals surface area contributed by atoms with Crippen LogP contribution in [0, 0.1) is 11.3 Å². The summed E-state index contributed by atoms with van der Waals surface area (Å²) in [6.45, 7) is 9.21. The summed E-state index contributed by atoms with van der Waals surface area (Å²) in [6, 6.07) is 0.456. The van der Waals surface area contributed by atoms with Crippen molar-refractivity contribution >= 4 is 29.9 Å². The highest BCUT2D eigenvalue weighted by Gasteiger charge is 2.34. The van der Waals surface area contributed by atoms with Crippen LogP contribution >= 0.6 is 24.0 Å². The van der Waals surface area contributed by atoms with Gasteiger partial charge in [0, 0.05) is 44.5 Å². The first-order valence-corrected chi connectivity index (χ1v) is 8.12. The van der Waals surface area contributed by atoms with Gasteiger partial charge in [-0.15, -0.1) is 24.0 Å². The van der Waals surface area contributed by atoms with Gasteiger partial charge in [0.2, 0.25) is 0 Å². The predicted octanol–water partition coefficient (Wildman–Crippen LogP) is 2.00. The number of guanidine groups is 1. The number of aromatic nitrogens is 2. The molecule has 1 aromatic rings. The second-order valence-corrected chi connectivity index (χ2v) is 6.99. The molecule has 0 radical (unpaired) electrons. The molecule has 1 aromatic heterocycles. The van der Waals surface area contributed by atoms with Crippen molar-refractivity contribution in [1.29, 1.82) is 0 Å². The van der Waals surface area contributed by atoms with E-state index in [2.05, 4.69) is 44.8 Å². The molecule has 0 aromatic carbocycles. The van der Waals surface area contributed by atoms with Crippen molar-refractivity contribution in [3.63, 3.8) is 0 Å². The highest BCUT2D eigenvalue weighted by atomic mass is 127. The second kappa shape index (κ2) is 7.83. The maximum atomic E-state index is 5.33. The number of halogens is 1. The minimum atomic E-state index is 0. The summed E-state index contributed by atoms with van der Waals surface area (Å²) in [6.07, 6.45) is 7.02. The molecule has 0 aliphatic carbocycles. The quantitative estimate of drug-likeness (QED) is 0.450. The van der Waals surface area contributed by atoms with Gasteiger partial charge in [-0.3, -0.25) is 4.99 Å². The van der Waals surface area contributed by atoms with Crippen LogP contribution in [-0.2, 0) is 4.74 Å². The van der Waals surface area contributed by atoms with Gasteiger partial charge in [-0.25, -0.2) is 4.98 Å². The Bertz CT molecular complexity index is 515. The molecule has 23 heavy (non-hydrogen) atoms. The van der Waals surface area contributed by atoms with E-state index in [-0.39, 0.29) is 29.4 Å². The molecule has 2 atom stereocenters. The number of likely N-dealkylation sites (tertiary alicyclic amines) is 1. The molecule has 7 heteroatoms. The topological polar surface area (TPSA) is 54.7 Å². The minimum Gasteiger partial charge on any atom is -0.380 e. The molecule has 2 aliphatic heterocycles. The number of ether oxygens (including phenoxy) is 1. The van der Waals surface area contributed by atoms with Crippen LogP contribution in [0.4, 0.5) is 0 Å². The van der Waals surface area contributed by atoms with E-state index >= 15 is 0 Å². The fraction of sp³-hybridized carbons (Fsp3) is 0.750. The standard InChI is InChI=1S/C16H27N5O.HI/c1-13-4-6-20(8-14(13)21-7-5-18-12-21)15(17-3)19-9-16(2)10-22-11-16;/h5,7,12-14H,4,6,8-11H2,1-3H3,(H,17,19);1H. The summed E-state index contributed by atoms with van der Waals surface area (Å²) in [5, 5.41) is 3.53. The van der Waals surface area contributed by atoms with Gasteiger partial charge in [0.25, 0.3) is 0 Å². The molecule has 0 spiro atoms. The largest absolute Gasteiger partial charge is 0.380 e. The van der Waals surface area contributed by atoms with E-state index < -0.39 is 0 Å². The van der Waals surface area contributed by atoms with Crippen LogP contribution in [0.1, 0.15) is 26.3 Å². The zero-order valence-corrected chi connectivity index (χ0v) is 16.6. The lowest BCUT2D eigenvalue weighted by Gasteiger charge is -2.42. The molecule has 2 aliphatic rings. The third-order valence-corrected chi connectivity index (χ3v) is 4.91. The first-order valence-electron chi connectivity index (χ1n) is 8.12. The Labute approximate surface area is 155 Å². The van der Waals surface area contributed by atoms with Crippen LogP contribution in [-0.4, -0.2) is 60.3 Å². The number of nitrogens with one attached hydrogen (secondary N) is 1. The second-order valence-electron chi connectivity index (χ2n) is 6.99. The molecule has 6 nitrogen and oxygen atoms in total.